The number of benzene rings is 1. The standard InChI is InChI=1S/C15H18N2O4/c1-15(2,3)11(10(16)14(20)21)17-12(18)8-6-4-5-7-9(8)13(17)19/h4-7,10-11H,16H2,1-3H3,(H,20,21). The van der Waals surface area contributed by atoms with E-state index in [1.165, 1.54) is 0 Å². The van der Waals surface area contributed by atoms with E-state index in [9.17, 15) is 19.5 Å². The van der Waals surface area contributed by atoms with Crippen molar-refractivity contribution < 1.29 is 19.5 Å². The van der Waals surface area contributed by atoms with Crippen molar-refractivity contribution >= 4 is 17.8 Å². The van der Waals surface area contributed by atoms with Gasteiger partial charge in [0, 0.05) is 0 Å². The number of nitrogens with zero attached hydrogens (tertiary/aromatic N) is 1. The van der Waals surface area contributed by atoms with Gasteiger partial charge in [-0.1, -0.05) is 32.9 Å². The molecule has 0 aromatic heterocycles. The molecule has 0 radical (unpaired) electrons. The van der Waals surface area contributed by atoms with Crippen LogP contribution in [0.2, 0.25) is 0 Å². The molecule has 6 heteroatoms. The van der Waals surface area contributed by atoms with E-state index < -0.39 is 35.3 Å². The Labute approximate surface area is 122 Å². The summed E-state index contributed by atoms with van der Waals surface area (Å²) < 4.78 is 0. The molecule has 0 aliphatic carbocycles. The largest absolute Gasteiger partial charge is 0.480 e. The lowest BCUT2D eigenvalue weighted by Gasteiger charge is -2.38. The fraction of sp³-hybridized carbons (Fsp3) is 0.400. The second-order valence-electron chi connectivity index (χ2n) is 6.20. The number of hydrogen-bond donors (Lipinski definition) is 2. The molecule has 1 aliphatic rings. The van der Waals surface area contributed by atoms with Crippen LogP contribution < -0.4 is 5.73 Å². The van der Waals surface area contributed by atoms with Gasteiger partial charge < -0.3 is 10.8 Å². The highest BCUT2D eigenvalue weighted by molar-refractivity contribution is 6.21. The third-order valence-electron chi connectivity index (χ3n) is 3.62. The van der Waals surface area contributed by atoms with Gasteiger partial charge in [0.1, 0.15) is 6.04 Å². The number of carbonyl (C=O) groups is 3. The van der Waals surface area contributed by atoms with Crippen molar-refractivity contribution in [3.8, 4) is 0 Å². The van der Waals surface area contributed by atoms with Crippen molar-refractivity contribution in [2.45, 2.75) is 32.9 Å². The molecule has 6 nitrogen and oxygen atoms in total. The van der Waals surface area contributed by atoms with Gasteiger partial charge in [-0.25, -0.2) is 0 Å². The van der Waals surface area contributed by atoms with Crippen LogP contribution in [0.25, 0.3) is 0 Å². The number of aliphatic carboxylic acids is 1. The lowest BCUT2D eigenvalue weighted by Crippen LogP contribution is -2.59. The lowest BCUT2D eigenvalue weighted by molar-refractivity contribution is -0.140. The molecule has 3 N–H and O–H groups in total. The van der Waals surface area contributed by atoms with Gasteiger partial charge in [0.15, 0.2) is 0 Å². The predicted octanol–water partition coefficient (Wildman–Crippen LogP) is 1.11. The molecule has 0 fully saturated rings. The first-order valence-electron chi connectivity index (χ1n) is 6.61. The first kappa shape index (κ1) is 15.2. The third kappa shape index (κ3) is 2.42. The number of hydrogen-bond acceptors (Lipinski definition) is 4. The number of amides is 2. The minimum absolute atomic E-state index is 0.286. The number of nitrogens with two attached hydrogens (primary N) is 1. The molecule has 2 unspecified atom stereocenters. The smallest absolute Gasteiger partial charge is 0.322 e. The van der Waals surface area contributed by atoms with Crippen LogP contribution in [-0.2, 0) is 4.79 Å². The molecule has 0 saturated carbocycles. The fourth-order valence-electron chi connectivity index (χ4n) is 2.68. The zero-order chi connectivity index (χ0) is 15.9. The van der Waals surface area contributed by atoms with Crippen LogP contribution in [0, 0.1) is 5.41 Å². The Morgan fingerprint density at radius 2 is 1.57 bits per heavy atom. The molecular formula is C15H18N2O4. The maximum absolute atomic E-state index is 12.5. The van der Waals surface area contributed by atoms with E-state index in [-0.39, 0.29) is 11.1 Å². The van der Waals surface area contributed by atoms with Crippen molar-refractivity contribution in [1.82, 2.24) is 4.90 Å². The molecule has 0 saturated heterocycles. The summed E-state index contributed by atoms with van der Waals surface area (Å²) in [6, 6.07) is 4.17. The minimum Gasteiger partial charge on any atom is -0.480 e. The second kappa shape index (κ2) is 4.96. The van der Waals surface area contributed by atoms with Gasteiger partial charge in [0.25, 0.3) is 11.8 Å². The highest BCUT2D eigenvalue weighted by Gasteiger charge is 2.48. The zero-order valence-corrected chi connectivity index (χ0v) is 12.2. The zero-order valence-electron chi connectivity index (χ0n) is 12.2. The van der Waals surface area contributed by atoms with Crippen molar-refractivity contribution in [2.75, 3.05) is 0 Å². The van der Waals surface area contributed by atoms with Gasteiger partial charge in [0.05, 0.1) is 17.2 Å². The summed E-state index contributed by atoms with van der Waals surface area (Å²) in [6.07, 6.45) is 0. The highest BCUT2D eigenvalue weighted by Crippen LogP contribution is 2.33. The Kier molecular flexibility index (Phi) is 3.59. The van der Waals surface area contributed by atoms with Crippen LogP contribution in [0.5, 0.6) is 0 Å². The summed E-state index contributed by atoms with van der Waals surface area (Å²) >= 11 is 0. The molecule has 1 aliphatic heterocycles. The molecule has 21 heavy (non-hydrogen) atoms. The Morgan fingerprint density at radius 3 is 1.90 bits per heavy atom. The number of carboxylic acid groups (broad SMARTS) is 1. The molecule has 2 atom stereocenters. The van der Waals surface area contributed by atoms with Gasteiger partial charge in [-0.05, 0) is 17.5 Å². The summed E-state index contributed by atoms with van der Waals surface area (Å²) in [5.41, 5.74) is 5.65. The van der Waals surface area contributed by atoms with Crippen LogP contribution >= 0.6 is 0 Å². The maximum Gasteiger partial charge on any atom is 0.322 e. The van der Waals surface area contributed by atoms with E-state index in [1.54, 1.807) is 45.0 Å². The first-order chi connectivity index (χ1) is 9.66. The van der Waals surface area contributed by atoms with Gasteiger partial charge in [0.2, 0.25) is 0 Å². The topological polar surface area (TPSA) is 101 Å². The monoisotopic (exact) mass is 290 g/mol. The fourth-order valence-corrected chi connectivity index (χ4v) is 2.68. The Morgan fingerprint density at radius 1 is 1.14 bits per heavy atom. The van der Waals surface area contributed by atoms with Crippen LogP contribution in [0.4, 0.5) is 0 Å². The Bertz CT molecular complexity index is 583. The normalized spacial score (nSPS) is 17.6. The molecule has 2 rings (SSSR count). The maximum atomic E-state index is 12.5. The Balaban J connectivity index is 2.51. The van der Waals surface area contributed by atoms with Gasteiger partial charge >= 0.3 is 5.97 Å². The molecule has 1 aromatic rings. The molecular weight excluding hydrogens is 272 g/mol. The van der Waals surface area contributed by atoms with E-state index >= 15 is 0 Å². The molecule has 112 valence electrons. The average molecular weight is 290 g/mol. The lowest BCUT2D eigenvalue weighted by atomic mass is 9.81. The summed E-state index contributed by atoms with van der Waals surface area (Å²) in [5.74, 6) is -2.23. The molecule has 0 spiro atoms. The van der Waals surface area contributed by atoms with E-state index in [0.29, 0.717) is 0 Å². The highest BCUT2D eigenvalue weighted by atomic mass is 16.4. The Hall–Kier alpha value is -2.21. The van der Waals surface area contributed by atoms with Gasteiger partial charge in [-0.15, -0.1) is 0 Å². The summed E-state index contributed by atoms with van der Waals surface area (Å²) in [5, 5.41) is 9.19. The van der Waals surface area contributed by atoms with Crippen LogP contribution in [-0.4, -0.2) is 39.9 Å². The molecule has 2 amide bonds. The minimum atomic E-state index is -1.34. The van der Waals surface area contributed by atoms with Crippen LogP contribution in [0.15, 0.2) is 24.3 Å². The second-order valence-corrected chi connectivity index (χ2v) is 6.20. The number of rotatable bonds is 3. The molecule has 0 bridgehead atoms. The third-order valence-corrected chi connectivity index (χ3v) is 3.62. The average Bonchev–Trinajstić information content (AvgIpc) is 2.63. The van der Waals surface area contributed by atoms with Crippen LogP contribution in [0.3, 0.4) is 0 Å². The van der Waals surface area contributed by atoms with E-state index in [1.807, 2.05) is 0 Å². The quantitative estimate of drug-likeness (QED) is 0.812. The first-order valence-corrected chi connectivity index (χ1v) is 6.61. The predicted molar refractivity (Wildman–Crippen MR) is 75.8 cm³/mol. The summed E-state index contributed by atoms with van der Waals surface area (Å²) in [6.45, 7) is 5.26. The van der Waals surface area contributed by atoms with E-state index in [2.05, 4.69) is 0 Å². The number of carboxylic acids is 1. The van der Waals surface area contributed by atoms with Crippen molar-refractivity contribution in [3.63, 3.8) is 0 Å². The molecule has 1 heterocycles. The number of carbonyl (C=O) groups excluding carboxylic acids is 2. The number of imide groups is 1. The van der Waals surface area contributed by atoms with E-state index in [0.717, 1.165) is 4.90 Å². The van der Waals surface area contributed by atoms with Crippen LogP contribution in [0.1, 0.15) is 41.5 Å². The summed E-state index contributed by atoms with van der Waals surface area (Å²) in [7, 11) is 0. The van der Waals surface area contributed by atoms with Crippen molar-refractivity contribution in [1.29, 1.82) is 0 Å². The SMILES string of the molecule is CC(C)(C)C(C(N)C(=O)O)N1C(=O)c2ccccc2C1=O. The van der Waals surface area contributed by atoms with E-state index in [4.69, 9.17) is 5.73 Å². The summed E-state index contributed by atoms with van der Waals surface area (Å²) in [4.78, 5) is 37.2. The van der Waals surface area contributed by atoms with Gasteiger partial charge in [-0.3, -0.25) is 19.3 Å². The van der Waals surface area contributed by atoms with Gasteiger partial charge in [-0.2, -0.15) is 0 Å². The number of fused-ring (bicyclic) bond motifs is 1. The van der Waals surface area contributed by atoms with Crippen molar-refractivity contribution in [2.24, 2.45) is 11.1 Å². The molecule has 1 aromatic carbocycles. The van der Waals surface area contributed by atoms with Crippen molar-refractivity contribution in [3.05, 3.63) is 35.4 Å².